The fraction of sp³-hybridized carbons (Fsp3) is 0.588. The lowest BCUT2D eigenvalue weighted by atomic mass is 9.91. The predicted molar refractivity (Wildman–Crippen MR) is 91.7 cm³/mol. The Labute approximate surface area is 143 Å². The van der Waals surface area contributed by atoms with Crippen LogP contribution in [-0.2, 0) is 14.8 Å². The van der Waals surface area contributed by atoms with Gasteiger partial charge in [0.25, 0.3) is 0 Å². The van der Waals surface area contributed by atoms with Crippen molar-refractivity contribution in [2.75, 3.05) is 6.54 Å². The van der Waals surface area contributed by atoms with E-state index in [1.54, 1.807) is 30.3 Å². The smallest absolute Gasteiger partial charge is 0.243 e. The molecule has 132 valence electrons. The lowest BCUT2D eigenvalue weighted by molar-refractivity contribution is -0.125. The number of sulfonamides is 1. The summed E-state index contributed by atoms with van der Waals surface area (Å²) < 4.78 is 27.0. The maximum Gasteiger partial charge on any atom is 0.243 e. The van der Waals surface area contributed by atoms with Gasteiger partial charge < -0.3 is 11.1 Å². The summed E-state index contributed by atoms with van der Waals surface area (Å²) in [6, 6.07) is 8.05. The molecular weight excluding hydrogens is 326 g/mol. The monoisotopic (exact) mass is 351 g/mol. The molecule has 1 aliphatic carbocycles. The largest absolute Gasteiger partial charge is 0.352 e. The van der Waals surface area contributed by atoms with Crippen molar-refractivity contribution >= 4 is 15.9 Å². The van der Waals surface area contributed by atoms with E-state index in [0.29, 0.717) is 19.4 Å². The molecule has 3 N–H and O–H groups in total. The standard InChI is InChI=1S/C17H25N3O3S/c18-13-8-10-14(11-9-13)19-17(21)16-7-4-12-20(16)24(22,23)15-5-2-1-3-6-15/h1-3,5-6,13-14,16H,4,7-12,18H2,(H,19,21). The molecule has 3 rings (SSSR count). The lowest BCUT2D eigenvalue weighted by Crippen LogP contribution is -2.50. The van der Waals surface area contributed by atoms with E-state index in [0.717, 1.165) is 25.7 Å². The van der Waals surface area contributed by atoms with Crippen molar-refractivity contribution in [2.24, 2.45) is 5.73 Å². The fourth-order valence-electron chi connectivity index (χ4n) is 3.58. The van der Waals surface area contributed by atoms with Crippen molar-refractivity contribution in [1.29, 1.82) is 0 Å². The first kappa shape index (κ1) is 17.4. The highest BCUT2D eigenvalue weighted by Crippen LogP contribution is 2.27. The molecule has 2 fully saturated rings. The number of benzene rings is 1. The Hall–Kier alpha value is -1.44. The summed E-state index contributed by atoms with van der Waals surface area (Å²) in [6.07, 6.45) is 4.82. The molecule has 0 spiro atoms. The maximum atomic E-state index is 12.8. The van der Waals surface area contributed by atoms with Crippen molar-refractivity contribution < 1.29 is 13.2 Å². The van der Waals surface area contributed by atoms with Gasteiger partial charge in [0.2, 0.25) is 15.9 Å². The van der Waals surface area contributed by atoms with Gasteiger partial charge in [0.15, 0.2) is 0 Å². The van der Waals surface area contributed by atoms with Crippen molar-refractivity contribution in [3.63, 3.8) is 0 Å². The minimum atomic E-state index is -3.63. The molecule has 1 saturated heterocycles. The second-order valence-electron chi connectivity index (χ2n) is 6.71. The van der Waals surface area contributed by atoms with Crippen LogP contribution in [0.5, 0.6) is 0 Å². The molecule has 6 nitrogen and oxygen atoms in total. The van der Waals surface area contributed by atoms with Crippen LogP contribution in [0.2, 0.25) is 0 Å². The van der Waals surface area contributed by atoms with Gasteiger partial charge in [-0.2, -0.15) is 4.31 Å². The SMILES string of the molecule is NC1CCC(NC(=O)C2CCCN2S(=O)(=O)c2ccccc2)CC1. The summed E-state index contributed by atoms with van der Waals surface area (Å²) in [5.74, 6) is -0.174. The molecule has 0 aromatic heterocycles. The number of amides is 1. The molecule has 24 heavy (non-hydrogen) atoms. The molecule has 1 aromatic carbocycles. The topological polar surface area (TPSA) is 92.5 Å². The number of carbonyl (C=O) groups excluding carboxylic acids is 1. The average Bonchev–Trinajstić information content (AvgIpc) is 3.08. The van der Waals surface area contributed by atoms with Gasteiger partial charge in [-0.05, 0) is 50.7 Å². The Morgan fingerprint density at radius 2 is 1.75 bits per heavy atom. The van der Waals surface area contributed by atoms with Crippen LogP contribution in [0.25, 0.3) is 0 Å². The highest BCUT2D eigenvalue weighted by molar-refractivity contribution is 7.89. The number of carbonyl (C=O) groups is 1. The lowest BCUT2D eigenvalue weighted by Gasteiger charge is -2.29. The highest BCUT2D eigenvalue weighted by Gasteiger charge is 2.40. The first-order valence-electron chi connectivity index (χ1n) is 8.61. The van der Waals surface area contributed by atoms with Gasteiger partial charge in [-0.15, -0.1) is 0 Å². The maximum absolute atomic E-state index is 12.8. The van der Waals surface area contributed by atoms with Crippen molar-refractivity contribution in [3.8, 4) is 0 Å². The van der Waals surface area contributed by atoms with Gasteiger partial charge >= 0.3 is 0 Å². The first-order chi connectivity index (χ1) is 11.5. The molecule has 1 amide bonds. The summed E-state index contributed by atoms with van der Waals surface area (Å²) in [4.78, 5) is 12.9. The van der Waals surface area contributed by atoms with Gasteiger partial charge in [-0.1, -0.05) is 18.2 Å². The van der Waals surface area contributed by atoms with Crippen LogP contribution in [0, 0.1) is 0 Å². The summed E-state index contributed by atoms with van der Waals surface area (Å²) >= 11 is 0. The number of hydrogen-bond acceptors (Lipinski definition) is 4. The van der Waals surface area contributed by atoms with Crippen LogP contribution in [0.15, 0.2) is 35.2 Å². The second kappa shape index (κ2) is 7.21. The zero-order valence-electron chi connectivity index (χ0n) is 13.7. The van der Waals surface area contributed by atoms with E-state index in [2.05, 4.69) is 5.32 Å². The minimum absolute atomic E-state index is 0.110. The van der Waals surface area contributed by atoms with Crippen LogP contribution in [-0.4, -0.2) is 43.3 Å². The predicted octanol–water partition coefficient (Wildman–Crippen LogP) is 1.23. The van der Waals surface area contributed by atoms with E-state index >= 15 is 0 Å². The van der Waals surface area contributed by atoms with E-state index in [-0.39, 0.29) is 22.9 Å². The van der Waals surface area contributed by atoms with Crippen molar-refractivity contribution in [3.05, 3.63) is 30.3 Å². The van der Waals surface area contributed by atoms with E-state index in [9.17, 15) is 13.2 Å². The van der Waals surface area contributed by atoms with Gasteiger partial charge in [-0.3, -0.25) is 4.79 Å². The number of nitrogens with one attached hydrogen (secondary N) is 1. The third-order valence-electron chi connectivity index (χ3n) is 4.97. The molecule has 0 bridgehead atoms. The van der Waals surface area contributed by atoms with Gasteiger partial charge in [0, 0.05) is 18.6 Å². The normalized spacial score (nSPS) is 28.6. The zero-order valence-corrected chi connectivity index (χ0v) is 14.5. The summed E-state index contributed by atoms with van der Waals surface area (Å²) in [5, 5.41) is 3.03. The number of rotatable bonds is 4. The molecule has 1 saturated carbocycles. The van der Waals surface area contributed by atoms with Gasteiger partial charge in [-0.25, -0.2) is 8.42 Å². The Kier molecular flexibility index (Phi) is 5.22. The first-order valence-corrected chi connectivity index (χ1v) is 10.1. The molecule has 1 heterocycles. The third kappa shape index (κ3) is 3.63. The van der Waals surface area contributed by atoms with E-state index in [1.165, 1.54) is 4.31 Å². The zero-order chi connectivity index (χ0) is 17.2. The summed E-state index contributed by atoms with van der Waals surface area (Å²) in [7, 11) is -3.63. The Morgan fingerprint density at radius 1 is 1.08 bits per heavy atom. The van der Waals surface area contributed by atoms with Crippen LogP contribution in [0.3, 0.4) is 0 Å². The van der Waals surface area contributed by atoms with E-state index in [1.807, 2.05) is 0 Å². The van der Waals surface area contributed by atoms with E-state index < -0.39 is 16.1 Å². The van der Waals surface area contributed by atoms with Gasteiger partial charge in [0.1, 0.15) is 6.04 Å². The summed E-state index contributed by atoms with van der Waals surface area (Å²) in [6.45, 7) is 0.394. The fourth-order valence-corrected chi connectivity index (χ4v) is 5.26. The number of nitrogens with two attached hydrogens (primary N) is 1. The molecule has 7 heteroatoms. The second-order valence-corrected chi connectivity index (χ2v) is 8.60. The van der Waals surface area contributed by atoms with Crippen molar-refractivity contribution in [1.82, 2.24) is 9.62 Å². The molecule has 1 atom stereocenters. The summed E-state index contributed by atoms with van der Waals surface area (Å²) in [5.41, 5.74) is 5.89. The molecule has 1 aliphatic heterocycles. The quantitative estimate of drug-likeness (QED) is 0.853. The van der Waals surface area contributed by atoms with Crippen LogP contribution < -0.4 is 11.1 Å². The average molecular weight is 351 g/mol. The molecule has 2 aliphatic rings. The minimum Gasteiger partial charge on any atom is -0.352 e. The number of hydrogen-bond donors (Lipinski definition) is 2. The molecule has 1 aromatic rings. The highest BCUT2D eigenvalue weighted by atomic mass is 32.2. The third-order valence-corrected chi connectivity index (χ3v) is 6.90. The molecule has 0 radical (unpaired) electrons. The van der Waals surface area contributed by atoms with Crippen LogP contribution in [0.4, 0.5) is 0 Å². The Morgan fingerprint density at radius 3 is 2.42 bits per heavy atom. The Bertz CT molecular complexity index is 670. The Balaban J connectivity index is 1.70. The molecular formula is C17H25N3O3S. The number of nitrogens with zero attached hydrogens (tertiary/aromatic N) is 1. The van der Waals surface area contributed by atoms with E-state index in [4.69, 9.17) is 5.73 Å². The van der Waals surface area contributed by atoms with Crippen molar-refractivity contribution in [2.45, 2.75) is 61.5 Å². The van der Waals surface area contributed by atoms with Crippen LogP contribution >= 0.6 is 0 Å². The van der Waals surface area contributed by atoms with Gasteiger partial charge in [0.05, 0.1) is 4.90 Å². The van der Waals surface area contributed by atoms with Crippen LogP contribution in [0.1, 0.15) is 38.5 Å². The molecule has 1 unspecified atom stereocenters.